The zero-order valence-corrected chi connectivity index (χ0v) is 14.3. The number of benzene rings is 2. The predicted molar refractivity (Wildman–Crippen MR) is 93.7 cm³/mol. The highest BCUT2D eigenvalue weighted by Crippen LogP contribution is 2.19. The Kier molecular flexibility index (Phi) is 6.37. The smallest absolute Gasteiger partial charge is 0.337 e. The second kappa shape index (κ2) is 8.49. The lowest BCUT2D eigenvalue weighted by Crippen LogP contribution is -2.15. The maximum absolute atomic E-state index is 13.1. The van der Waals surface area contributed by atoms with Crippen LogP contribution in [-0.2, 0) is 15.3 Å². The number of hydrogen-bond acceptors (Lipinski definition) is 4. The maximum atomic E-state index is 13.1. The van der Waals surface area contributed by atoms with Gasteiger partial charge in [-0.25, -0.2) is 9.18 Å². The Morgan fingerprint density at radius 2 is 2.00 bits per heavy atom. The van der Waals surface area contributed by atoms with Crippen molar-refractivity contribution in [3.8, 4) is 0 Å². The number of nitrogens with one attached hydrogen (secondary N) is 1. The highest BCUT2D eigenvalue weighted by atomic mass is 32.2. The highest BCUT2D eigenvalue weighted by molar-refractivity contribution is 7.99. The van der Waals surface area contributed by atoms with E-state index in [1.54, 1.807) is 24.3 Å². The van der Waals surface area contributed by atoms with Crippen molar-refractivity contribution < 1.29 is 18.7 Å². The zero-order valence-electron chi connectivity index (χ0n) is 13.5. The largest absolute Gasteiger partial charge is 0.465 e. The van der Waals surface area contributed by atoms with Gasteiger partial charge in [0.1, 0.15) is 5.82 Å². The number of methoxy groups -OCH3 is 1. The van der Waals surface area contributed by atoms with Gasteiger partial charge in [0.15, 0.2) is 0 Å². The van der Waals surface area contributed by atoms with Crippen LogP contribution < -0.4 is 5.32 Å². The van der Waals surface area contributed by atoms with Crippen LogP contribution in [0.2, 0.25) is 0 Å². The molecule has 1 amide bonds. The fraction of sp³-hybridized carbons (Fsp3) is 0.222. The molecule has 0 unspecified atom stereocenters. The van der Waals surface area contributed by atoms with Gasteiger partial charge < -0.3 is 10.1 Å². The van der Waals surface area contributed by atoms with E-state index >= 15 is 0 Å². The molecule has 2 aromatic carbocycles. The first-order valence-electron chi connectivity index (χ1n) is 7.30. The van der Waals surface area contributed by atoms with Crippen LogP contribution in [0.4, 0.5) is 10.1 Å². The number of thioether (sulfide) groups is 1. The van der Waals surface area contributed by atoms with Gasteiger partial charge in [0.25, 0.3) is 0 Å². The van der Waals surface area contributed by atoms with Gasteiger partial charge in [-0.15, -0.1) is 11.8 Å². The number of rotatable bonds is 6. The van der Waals surface area contributed by atoms with Crippen LogP contribution in [0.25, 0.3) is 0 Å². The van der Waals surface area contributed by atoms with Crippen LogP contribution in [0.15, 0.2) is 42.5 Å². The van der Waals surface area contributed by atoms with E-state index in [9.17, 15) is 14.0 Å². The van der Waals surface area contributed by atoms with Crippen molar-refractivity contribution in [1.82, 2.24) is 0 Å². The van der Waals surface area contributed by atoms with Crippen molar-refractivity contribution in [2.45, 2.75) is 12.7 Å². The van der Waals surface area contributed by atoms with Crippen molar-refractivity contribution in [2.75, 3.05) is 18.2 Å². The Balaban J connectivity index is 1.91. The van der Waals surface area contributed by atoms with Gasteiger partial charge in [-0.2, -0.15) is 0 Å². The Morgan fingerprint density at radius 1 is 1.21 bits per heavy atom. The minimum Gasteiger partial charge on any atom is -0.465 e. The van der Waals surface area contributed by atoms with E-state index in [2.05, 4.69) is 10.1 Å². The summed E-state index contributed by atoms with van der Waals surface area (Å²) in [6.45, 7) is 1.84. The lowest BCUT2D eigenvalue weighted by Gasteiger charge is -2.10. The molecule has 2 aromatic rings. The van der Waals surface area contributed by atoms with Crippen molar-refractivity contribution >= 4 is 29.3 Å². The van der Waals surface area contributed by atoms with Crippen LogP contribution in [0.5, 0.6) is 0 Å². The molecular formula is C18H18FNO3S. The molecule has 0 spiro atoms. The Hall–Kier alpha value is -2.34. The van der Waals surface area contributed by atoms with Crippen molar-refractivity contribution in [3.05, 3.63) is 65.0 Å². The minimum absolute atomic E-state index is 0.179. The van der Waals surface area contributed by atoms with Crippen molar-refractivity contribution in [2.24, 2.45) is 0 Å². The van der Waals surface area contributed by atoms with Gasteiger partial charge in [-0.05, 0) is 42.3 Å². The second-order valence-corrected chi connectivity index (χ2v) is 6.18. The molecular weight excluding hydrogens is 329 g/mol. The molecule has 6 heteroatoms. The standard InChI is InChI=1S/C18H18FNO3S/c1-12-6-7-14(18(22)23-2)9-16(12)20-17(21)11-24-10-13-4-3-5-15(19)8-13/h3-9H,10-11H2,1-2H3,(H,20,21). The van der Waals surface area contributed by atoms with E-state index in [-0.39, 0.29) is 17.5 Å². The summed E-state index contributed by atoms with van der Waals surface area (Å²) in [6, 6.07) is 11.3. The normalized spacial score (nSPS) is 10.3. The number of ether oxygens (including phenoxy) is 1. The molecule has 24 heavy (non-hydrogen) atoms. The molecule has 4 nitrogen and oxygen atoms in total. The molecule has 0 aliphatic rings. The summed E-state index contributed by atoms with van der Waals surface area (Å²) in [5, 5.41) is 2.79. The molecule has 0 heterocycles. The van der Waals surface area contributed by atoms with Gasteiger partial charge in [-0.1, -0.05) is 18.2 Å². The molecule has 0 bridgehead atoms. The van der Waals surface area contributed by atoms with E-state index in [1.807, 2.05) is 13.0 Å². The fourth-order valence-electron chi connectivity index (χ4n) is 2.08. The summed E-state index contributed by atoms with van der Waals surface area (Å²) in [7, 11) is 1.31. The molecule has 0 aliphatic carbocycles. The third-order valence-electron chi connectivity index (χ3n) is 3.32. The number of carbonyl (C=O) groups excluding carboxylic acids is 2. The molecule has 0 aromatic heterocycles. The van der Waals surface area contributed by atoms with Crippen LogP contribution in [0, 0.1) is 12.7 Å². The fourth-order valence-corrected chi connectivity index (χ4v) is 2.85. The van der Waals surface area contributed by atoms with E-state index < -0.39 is 5.97 Å². The van der Waals surface area contributed by atoms with Gasteiger partial charge in [0.05, 0.1) is 18.4 Å². The summed E-state index contributed by atoms with van der Waals surface area (Å²) in [5.41, 5.74) is 2.64. The van der Waals surface area contributed by atoms with E-state index in [0.717, 1.165) is 11.1 Å². The Labute approximate surface area is 144 Å². The number of anilines is 1. The molecule has 0 atom stereocenters. The van der Waals surface area contributed by atoms with E-state index in [0.29, 0.717) is 17.0 Å². The number of aryl methyl sites for hydroxylation is 1. The Bertz CT molecular complexity index is 749. The first-order valence-corrected chi connectivity index (χ1v) is 8.46. The van der Waals surface area contributed by atoms with Gasteiger partial charge in [-0.3, -0.25) is 4.79 Å². The molecule has 0 aliphatic heterocycles. The monoisotopic (exact) mass is 347 g/mol. The summed E-state index contributed by atoms with van der Waals surface area (Å²) in [5.74, 6) is -0.134. The van der Waals surface area contributed by atoms with Gasteiger partial charge in [0.2, 0.25) is 5.91 Å². The average Bonchev–Trinajstić information content (AvgIpc) is 2.56. The summed E-state index contributed by atoms with van der Waals surface area (Å²) < 4.78 is 17.8. The number of halogens is 1. The summed E-state index contributed by atoms with van der Waals surface area (Å²) in [6.07, 6.45) is 0. The van der Waals surface area contributed by atoms with Crippen LogP contribution in [0.3, 0.4) is 0 Å². The third-order valence-corrected chi connectivity index (χ3v) is 4.33. The highest BCUT2D eigenvalue weighted by Gasteiger charge is 2.10. The van der Waals surface area contributed by atoms with Gasteiger partial charge >= 0.3 is 5.97 Å². The number of esters is 1. The van der Waals surface area contributed by atoms with Crippen LogP contribution in [-0.4, -0.2) is 24.7 Å². The maximum Gasteiger partial charge on any atom is 0.337 e. The number of amides is 1. The molecule has 0 saturated heterocycles. The second-order valence-electron chi connectivity index (χ2n) is 5.19. The van der Waals surface area contributed by atoms with E-state index in [4.69, 9.17) is 0 Å². The van der Waals surface area contributed by atoms with Crippen LogP contribution in [0.1, 0.15) is 21.5 Å². The van der Waals surface area contributed by atoms with E-state index in [1.165, 1.54) is 31.0 Å². The summed E-state index contributed by atoms with van der Waals surface area (Å²) in [4.78, 5) is 23.6. The first-order chi connectivity index (χ1) is 11.5. The zero-order chi connectivity index (χ0) is 17.5. The SMILES string of the molecule is COC(=O)c1ccc(C)c(NC(=O)CSCc2cccc(F)c2)c1. The summed E-state index contributed by atoms with van der Waals surface area (Å²) >= 11 is 1.39. The van der Waals surface area contributed by atoms with Gasteiger partial charge in [0, 0.05) is 11.4 Å². The lowest BCUT2D eigenvalue weighted by molar-refractivity contribution is -0.113. The average molecular weight is 347 g/mol. The van der Waals surface area contributed by atoms with Crippen molar-refractivity contribution in [3.63, 3.8) is 0 Å². The third kappa shape index (κ3) is 5.09. The molecule has 0 radical (unpaired) electrons. The molecule has 1 N–H and O–H groups in total. The molecule has 2 rings (SSSR count). The number of hydrogen-bond donors (Lipinski definition) is 1. The molecule has 0 fully saturated rings. The first kappa shape index (κ1) is 18.0. The lowest BCUT2D eigenvalue weighted by atomic mass is 10.1. The molecule has 126 valence electrons. The van der Waals surface area contributed by atoms with Crippen molar-refractivity contribution in [1.29, 1.82) is 0 Å². The minimum atomic E-state index is -0.453. The Morgan fingerprint density at radius 3 is 2.71 bits per heavy atom. The van der Waals surface area contributed by atoms with Crippen LogP contribution >= 0.6 is 11.8 Å². The topological polar surface area (TPSA) is 55.4 Å². The number of carbonyl (C=O) groups is 2. The molecule has 0 saturated carbocycles. The quantitative estimate of drug-likeness (QED) is 0.808. The predicted octanol–water partition coefficient (Wildman–Crippen LogP) is 3.79.